The Labute approximate surface area is 148 Å². The minimum Gasteiger partial charge on any atom is -0.465 e. The van der Waals surface area contributed by atoms with Crippen LogP contribution in [0.2, 0.25) is 0 Å². The molecule has 1 atom stereocenters. The summed E-state index contributed by atoms with van der Waals surface area (Å²) in [5, 5.41) is 5.02. The summed E-state index contributed by atoms with van der Waals surface area (Å²) < 4.78 is 9.89. The zero-order valence-electron chi connectivity index (χ0n) is 14.7. The number of hydrogen-bond donors (Lipinski definition) is 2. The molecule has 7 heteroatoms. The van der Waals surface area contributed by atoms with Crippen molar-refractivity contribution >= 4 is 18.0 Å². The van der Waals surface area contributed by atoms with Crippen molar-refractivity contribution in [2.75, 3.05) is 13.2 Å². The summed E-state index contributed by atoms with van der Waals surface area (Å²) in [4.78, 5) is 35.4. The van der Waals surface area contributed by atoms with Crippen LogP contribution in [0.1, 0.15) is 38.7 Å². The van der Waals surface area contributed by atoms with Crippen LogP contribution in [0.15, 0.2) is 30.3 Å². The van der Waals surface area contributed by atoms with Crippen LogP contribution < -0.4 is 10.6 Å². The number of amides is 2. The average Bonchev–Trinajstić information content (AvgIpc) is 2.62. The molecule has 0 heterocycles. The van der Waals surface area contributed by atoms with E-state index in [1.165, 1.54) is 0 Å². The molecule has 7 nitrogen and oxygen atoms in total. The molecule has 2 amide bonds. The second-order valence-corrected chi connectivity index (χ2v) is 5.42. The maximum Gasteiger partial charge on any atom is 0.408 e. The molecule has 25 heavy (non-hydrogen) atoms. The van der Waals surface area contributed by atoms with Gasteiger partial charge in [0.05, 0.1) is 6.61 Å². The molecule has 2 N–H and O–H groups in total. The van der Waals surface area contributed by atoms with Gasteiger partial charge >= 0.3 is 12.1 Å². The van der Waals surface area contributed by atoms with Crippen molar-refractivity contribution in [2.24, 2.45) is 0 Å². The Hall–Kier alpha value is -2.57. The van der Waals surface area contributed by atoms with Crippen molar-refractivity contribution in [1.82, 2.24) is 10.6 Å². The monoisotopic (exact) mass is 350 g/mol. The number of hydrogen-bond acceptors (Lipinski definition) is 5. The van der Waals surface area contributed by atoms with Gasteiger partial charge in [0.25, 0.3) is 0 Å². The predicted molar refractivity (Wildman–Crippen MR) is 92.7 cm³/mol. The fourth-order valence-electron chi connectivity index (χ4n) is 2.08. The minimum atomic E-state index is -0.752. The van der Waals surface area contributed by atoms with Crippen LogP contribution in [-0.4, -0.2) is 37.2 Å². The van der Waals surface area contributed by atoms with Gasteiger partial charge in [0.2, 0.25) is 5.91 Å². The third kappa shape index (κ3) is 8.74. The molecule has 0 aliphatic carbocycles. The highest BCUT2D eigenvalue weighted by Gasteiger charge is 2.21. The number of ether oxygens (including phenoxy) is 2. The number of esters is 1. The van der Waals surface area contributed by atoms with E-state index in [9.17, 15) is 14.4 Å². The first-order chi connectivity index (χ1) is 12.1. The molecule has 0 unspecified atom stereocenters. The van der Waals surface area contributed by atoms with Crippen LogP contribution in [0.25, 0.3) is 0 Å². The number of carbonyl (C=O) groups excluding carboxylic acids is 3. The van der Waals surface area contributed by atoms with Crippen molar-refractivity contribution in [3.8, 4) is 0 Å². The van der Waals surface area contributed by atoms with Gasteiger partial charge in [-0.3, -0.25) is 9.59 Å². The molecule has 0 bridgehead atoms. The second kappa shape index (κ2) is 11.9. The van der Waals surface area contributed by atoms with Crippen molar-refractivity contribution in [1.29, 1.82) is 0 Å². The van der Waals surface area contributed by atoms with E-state index in [1.807, 2.05) is 37.3 Å². The zero-order valence-corrected chi connectivity index (χ0v) is 14.7. The zero-order chi connectivity index (χ0) is 18.5. The molecule has 0 spiro atoms. The summed E-state index contributed by atoms with van der Waals surface area (Å²) in [5.41, 5.74) is 0.856. The highest BCUT2D eigenvalue weighted by atomic mass is 16.5. The summed E-state index contributed by atoms with van der Waals surface area (Å²) in [7, 11) is 0. The normalized spacial score (nSPS) is 11.3. The molecule has 1 rings (SSSR count). The fraction of sp³-hybridized carbons (Fsp3) is 0.500. The van der Waals surface area contributed by atoms with E-state index < -0.39 is 24.0 Å². The van der Waals surface area contributed by atoms with Gasteiger partial charge in [0.15, 0.2) is 0 Å². The lowest BCUT2D eigenvalue weighted by Gasteiger charge is -2.18. The lowest BCUT2D eigenvalue weighted by molar-refractivity contribution is -0.143. The van der Waals surface area contributed by atoms with Crippen LogP contribution in [0, 0.1) is 0 Å². The van der Waals surface area contributed by atoms with Gasteiger partial charge < -0.3 is 20.1 Å². The first-order valence-corrected chi connectivity index (χ1v) is 8.47. The molecular weight excluding hydrogens is 324 g/mol. The first kappa shape index (κ1) is 20.5. The lowest BCUT2D eigenvalue weighted by atomic mass is 10.1. The van der Waals surface area contributed by atoms with Crippen LogP contribution in [0.4, 0.5) is 4.79 Å². The number of benzene rings is 1. The van der Waals surface area contributed by atoms with E-state index in [0.717, 1.165) is 18.4 Å². The lowest BCUT2D eigenvalue weighted by Crippen LogP contribution is -2.48. The molecule has 0 saturated carbocycles. The smallest absolute Gasteiger partial charge is 0.408 e. The summed E-state index contributed by atoms with van der Waals surface area (Å²) in [6.07, 6.45) is 1.43. The van der Waals surface area contributed by atoms with Gasteiger partial charge in [0, 0.05) is 0 Å². The molecular formula is C18H26N2O5. The van der Waals surface area contributed by atoms with Crippen LogP contribution >= 0.6 is 0 Å². The third-order valence-corrected chi connectivity index (χ3v) is 3.38. The van der Waals surface area contributed by atoms with Crippen LogP contribution in [0.5, 0.6) is 0 Å². The molecule has 0 fully saturated rings. The van der Waals surface area contributed by atoms with Crippen molar-refractivity contribution in [3.63, 3.8) is 0 Å². The minimum absolute atomic E-state index is 0.123. The Balaban J connectivity index is 2.48. The van der Waals surface area contributed by atoms with E-state index in [1.54, 1.807) is 6.92 Å². The molecule has 0 aliphatic heterocycles. The number of nitrogens with one attached hydrogen (secondary N) is 2. The molecule has 138 valence electrons. The number of rotatable bonds is 10. The second-order valence-electron chi connectivity index (χ2n) is 5.42. The van der Waals surface area contributed by atoms with Crippen LogP contribution in [-0.2, 0) is 25.7 Å². The van der Waals surface area contributed by atoms with Gasteiger partial charge in [-0.25, -0.2) is 4.79 Å². The van der Waals surface area contributed by atoms with E-state index >= 15 is 0 Å². The van der Waals surface area contributed by atoms with Gasteiger partial charge in [-0.2, -0.15) is 0 Å². The fourth-order valence-corrected chi connectivity index (χ4v) is 2.08. The summed E-state index contributed by atoms with van der Waals surface area (Å²) in [6.45, 7) is 3.82. The van der Waals surface area contributed by atoms with E-state index in [2.05, 4.69) is 10.6 Å². The van der Waals surface area contributed by atoms with Gasteiger partial charge in [-0.05, 0) is 18.9 Å². The highest BCUT2D eigenvalue weighted by molar-refractivity contribution is 5.88. The largest absolute Gasteiger partial charge is 0.465 e. The topological polar surface area (TPSA) is 93.7 Å². The molecule has 0 aromatic heterocycles. The number of carbonyl (C=O) groups is 3. The quantitative estimate of drug-likeness (QED) is 0.631. The third-order valence-electron chi connectivity index (χ3n) is 3.38. The van der Waals surface area contributed by atoms with E-state index in [0.29, 0.717) is 6.42 Å². The number of unbranched alkanes of at least 4 members (excludes halogenated alkanes) is 1. The predicted octanol–water partition coefficient (Wildman–Crippen LogP) is 2.15. The number of alkyl carbamates (subject to hydrolysis) is 1. The Morgan fingerprint density at radius 1 is 1.08 bits per heavy atom. The Morgan fingerprint density at radius 3 is 2.44 bits per heavy atom. The first-order valence-electron chi connectivity index (χ1n) is 8.47. The van der Waals surface area contributed by atoms with Crippen molar-refractivity contribution < 1.29 is 23.9 Å². The Kier molecular flexibility index (Phi) is 9.74. The van der Waals surface area contributed by atoms with Gasteiger partial charge in [-0.1, -0.05) is 50.1 Å². The van der Waals surface area contributed by atoms with Crippen molar-refractivity contribution in [3.05, 3.63) is 35.9 Å². The average molecular weight is 350 g/mol. The van der Waals surface area contributed by atoms with E-state index in [4.69, 9.17) is 9.47 Å². The molecule has 0 radical (unpaired) electrons. The summed E-state index contributed by atoms with van der Waals surface area (Å²) in [5.74, 6) is -0.949. The SMILES string of the molecule is CCCC[C@@H](NC(=O)OCc1ccccc1)C(=O)NCC(=O)OCC. The highest BCUT2D eigenvalue weighted by Crippen LogP contribution is 2.04. The summed E-state index contributed by atoms with van der Waals surface area (Å²) >= 11 is 0. The van der Waals surface area contributed by atoms with E-state index in [-0.39, 0.29) is 19.8 Å². The summed E-state index contributed by atoms with van der Waals surface area (Å²) in [6, 6.07) is 8.50. The standard InChI is InChI=1S/C18H26N2O5/c1-3-5-11-15(17(22)19-12-16(21)24-4-2)20-18(23)25-13-14-9-7-6-8-10-14/h6-10,15H,3-5,11-13H2,1-2H3,(H,19,22)(H,20,23)/t15-/m1/s1. The maximum atomic E-state index is 12.2. The molecule has 0 saturated heterocycles. The molecule has 0 aliphatic rings. The maximum absolute atomic E-state index is 12.2. The van der Waals surface area contributed by atoms with Crippen molar-refractivity contribution in [2.45, 2.75) is 45.8 Å². The molecule has 1 aromatic rings. The van der Waals surface area contributed by atoms with Crippen LogP contribution in [0.3, 0.4) is 0 Å². The Bertz CT molecular complexity index is 548. The molecule has 1 aromatic carbocycles. The van der Waals surface area contributed by atoms with Gasteiger partial charge in [0.1, 0.15) is 19.2 Å². The Morgan fingerprint density at radius 2 is 1.80 bits per heavy atom. The van der Waals surface area contributed by atoms with Gasteiger partial charge in [-0.15, -0.1) is 0 Å².